The lowest BCUT2D eigenvalue weighted by atomic mass is 9.88. The van der Waals surface area contributed by atoms with Crippen molar-refractivity contribution >= 4 is 11.9 Å². The van der Waals surface area contributed by atoms with E-state index in [0.717, 1.165) is 0 Å². The molecule has 0 aliphatic carbocycles. The Morgan fingerprint density at radius 1 is 1.32 bits per heavy atom. The van der Waals surface area contributed by atoms with E-state index in [-0.39, 0.29) is 0 Å². The van der Waals surface area contributed by atoms with Crippen molar-refractivity contribution in [3.8, 4) is 0 Å². The Balaban J connectivity index is 3.07. The number of aliphatic carboxylic acids is 1. The number of ether oxygens (including phenoxy) is 1. The van der Waals surface area contributed by atoms with E-state index in [1.807, 2.05) is 0 Å². The van der Waals surface area contributed by atoms with E-state index >= 15 is 0 Å². The molecule has 1 fully saturated rings. The summed E-state index contributed by atoms with van der Waals surface area (Å²) in [7, 11) is 0. The van der Waals surface area contributed by atoms with E-state index in [2.05, 4.69) is 5.32 Å². The molecule has 11 heteroatoms. The number of aliphatic hydroxyl groups excluding tert-OH is 5. The maximum atomic E-state index is 11.2. The van der Waals surface area contributed by atoms with E-state index in [0.29, 0.717) is 0 Å². The van der Waals surface area contributed by atoms with E-state index in [9.17, 15) is 30.0 Å². The molecule has 0 radical (unpaired) electrons. The minimum Gasteiger partial charge on any atom is -0.477 e. The topological polar surface area (TPSA) is 197 Å². The molecule has 22 heavy (non-hydrogen) atoms. The van der Waals surface area contributed by atoms with Crippen molar-refractivity contribution in [2.45, 2.75) is 42.7 Å². The number of carboxylic acid groups (broad SMARTS) is 1. The number of carbonyl (C=O) groups is 2. The minimum absolute atomic E-state index is 0.822. The molecule has 2 unspecified atom stereocenters. The molecule has 1 amide bonds. The fourth-order valence-electron chi connectivity index (χ4n) is 2.13. The van der Waals surface area contributed by atoms with Gasteiger partial charge >= 0.3 is 5.97 Å². The molecule has 1 aliphatic rings. The van der Waals surface area contributed by atoms with Crippen molar-refractivity contribution in [3.05, 3.63) is 0 Å². The average Bonchev–Trinajstić information content (AvgIpc) is 2.47. The average molecular weight is 325 g/mol. The second-order valence-electron chi connectivity index (χ2n) is 4.94. The Kier molecular flexibility index (Phi) is 6.19. The lowest BCUT2D eigenvalue weighted by Crippen LogP contribution is -2.67. The molecule has 0 bridgehead atoms. The molecular weight excluding hydrogens is 306 g/mol. The highest BCUT2D eigenvalue weighted by Gasteiger charge is 2.53. The molecule has 1 aliphatic heterocycles. The lowest BCUT2D eigenvalue weighted by molar-refractivity contribution is -0.295. The van der Waals surface area contributed by atoms with Crippen LogP contribution in [0, 0.1) is 0 Å². The predicted octanol–water partition coefficient (Wildman–Crippen LogP) is -4.90. The van der Waals surface area contributed by atoms with Gasteiger partial charge in [0.05, 0.1) is 18.8 Å². The molecule has 0 saturated carbocycles. The van der Waals surface area contributed by atoms with Crippen molar-refractivity contribution in [2.24, 2.45) is 0 Å². The van der Waals surface area contributed by atoms with Crippen LogP contribution in [-0.4, -0.2) is 97.1 Å². The zero-order chi connectivity index (χ0) is 17.1. The number of hydrogen-bond donors (Lipinski definition) is 8. The van der Waals surface area contributed by atoms with Gasteiger partial charge in [0.15, 0.2) is 0 Å². The summed E-state index contributed by atoms with van der Waals surface area (Å²) in [5, 5.41) is 67.5. The monoisotopic (exact) mass is 325 g/mol. The van der Waals surface area contributed by atoms with Crippen LogP contribution < -0.4 is 5.32 Å². The van der Waals surface area contributed by atoms with Crippen LogP contribution in [0.4, 0.5) is 0 Å². The molecule has 0 spiro atoms. The fourth-order valence-corrected chi connectivity index (χ4v) is 2.13. The van der Waals surface area contributed by atoms with Crippen molar-refractivity contribution < 1.29 is 50.1 Å². The number of carboxylic acids is 1. The normalized spacial score (nSPS) is 34.7. The molecule has 1 heterocycles. The maximum absolute atomic E-state index is 11.2. The van der Waals surface area contributed by atoms with Gasteiger partial charge in [0.2, 0.25) is 5.91 Å². The van der Waals surface area contributed by atoms with Gasteiger partial charge in [-0.3, -0.25) is 4.79 Å². The molecule has 8 N–H and O–H groups in total. The van der Waals surface area contributed by atoms with Gasteiger partial charge in [0, 0.05) is 6.42 Å². The minimum atomic E-state index is -2.85. The summed E-state index contributed by atoms with van der Waals surface area (Å²) in [6.45, 7) is -1.86. The zero-order valence-electron chi connectivity index (χ0n) is 11.4. The summed E-state index contributed by atoms with van der Waals surface area (Å²) >= 11 is 0. The number of carbonyl (C=O) groups excluding carboxylic acids is 1. The standard InChI is InChI=1S/C11H19NO10/c13-2-5(16)8(18)9-7(12-6(17)3-14)4(15)1-11(21,22-9)10(19)20/h4-5,7-9,13-16,18,21H,1-3H2,(H,12,17)(H,19,20)/t4-,5-,7?,8-,9?,11-/m1/s1. The Morgan fingerprint density at radius 3 is 2.36 bits per heavy atom. The first kappa shape index (κ1) is 18.7. The predicted molar refractivity (Wildman–Crippen MR) is 66.2 cm³/mol. The molecule has 1 saturated heterocycles. The van der Waals surface area contributed by atoms with E-state index in [1.165, 1.54) is 0 Å². The van der Waals surface area contributed by atoms with Gasteiger partial charge in [0.25, 0.3) is 5.79 Å². The Morgan fingerprint density at radius 2 is 1.91 bits per heavy atom. The number of amides is 1. The van der Waals surface area contributed by atoms with Crippen molar-refractivity contribution in [2.75, 3.05) is 13.2 Å². The molecule has 0 aromatic carbocycles. The Hall–Kier alpha value is -1.34. The Bertz CT molecular complexity index is 418. The molecule has 128 valence electrons. The van der Waals surface area contributed by atoms with Gasteiger partial charge in [-0.1, -0.05) is 0 Å². The SMILES string of the molecule is O=C(CO)NC1C([C@H](O)[C@H](O)CO)O[C@@](O)(C(=O)O)C[C@H]1O. The quantitative estimate of drug-likeness (QED) is 0.234. The van der Waals surface area contributed by atoms with Crippen LogP contribution in [0.2, 0.25) is 0 Å². The third-order valence-corrected chi connectivity index (χ3v) is 3.31. The first-order valence-corrected chi connectivity index (χ1v) is 6.35. The van der Waals surface area contributed by atoms with E-state index < -0.39 is 67.8 Å². The van der Waals surface area contributed by atoms with Gasteiger partial charge in [-0.05, 0) is 0 Å². The highest BCUT2D eigenvalue weighted by atomic mass is 16.7. The third kappa shape index (κ3) is 3.89. The number of nitrogens with one attached hydrogen (secondary N) is 1. The van der Waals surface area contributed by atoms with Crippen LogP contribution >= 0.6 is 0 Å². The van der Waals surface area contributed by atoms with Gasteiger partial charge in [-0.25, -0.2) is 4.79 Å². The second kappa shape index (κ2) is 7.28. The number of aliphatic hydroxyl groups is 6. The van der Waals surface area contributed by atoms with Crippen LogP contribution in [0.1, 0.15) is 6.42 Å². The molecule has 6 atom stereocenters. The van der Waals surface area contributed by atoms with Gasteiger partial charge in [0.1, 0.15) is 24.9 Å². The highest BCUT2D eigenvalue weighted by Crippen LogP contribution is 2.30. The molecule has 0 aromatic rings. The number of hydrogen-bond acceptors (Lipinski definition) is 9. The zero-order valence-corrected chi connectivity index (χ0v) is 11.4. The fraction of sp³-hybridized carbons (Fsp3) is 0.818. The van der Waals surface area contributed by atoms with Crippen LogP contribution in [0.25, 0.3) is 0 Å². The van der Waals surface area contributed by atoms with E-state index in [1.54, 1.807) is 0 Å². The van der Waals surface area contributed by atoms with Crippen molar-refractivity contribution in [1.29, 1.82) is 0 Å². The second-order valence-corrected chi connectivity index (χ2v) is 4.94. The largest absolute Gasteiger partial charge is 0.477 e. The summed E-state index contributed by atoms with van der Waals surface area (Å²) in [4.78, 5) is 22.2. The van der Waals surface area contributed by atoms with Gasteiger partial charge in [-0.15, -0.1) is 0 Å². The summed E-state index contributed by atoms with van der Waals surface area (Å²) in [6, 6.07) is -1.42. The summed E-state index contributed by atoms with van der Waals surface area (Å²) < 4.78 is 4.83. The lowest BCUT2D eigenvalue weighted by Gasteiger charge is -2.44. The van der Waals surface area contributed by atoms with Crippen LogP contribution in [0.5, 0.6) is 0 Å². The van der Waals surface area contributed by atoms with Gasteiger partial charge in [-0.2, -0.15) is 0 Å². The van der Waals surface area contributed by atoms with Crippen LogP contribution in [-0.2, 0) is 14.3 Å². The highest BCUT2D eigenvalue weighted by molar-refractivity contribution is 5.78. The van der Waals surface area contributed by atoms with Crippen LogP contribution in [0.15, 0.2) is 0 Å². The van der Waals surface area contributed by atoms with Crippen molar-refractivity contribution in [1.82, 2.24) is 5.32 Å². The van der Waals surface area contributed by atoms with Crippen LogP contribution in [0.3, 0.4) is 0 Å². The molecule has 11 nitrogen and oxygen atoms in total. The third-order valence-electron chi connectivity index (χ3n) is 3.31. The smallest absolute Gasteiger partial charge is 0.364 e. The van der Waals surface area contributed by atoms with Crippen molar-refractivity contribution in [3.63, 3.8) is 0 Å². The molecular formula is C11H19NO10. The number of rotatable bonds is 6. The molecule has 1 rings (SSSR count). The summed E-state index contributed by atoms with van der Waals surface area (Å²) in [5.74, 6) is -5.64. The maximum Gasteiger partial charge on any atom is 0.364 e. The first-order valence-electron chi connectivity index (χ1n) is 6.35. The van der Waals surface area contributed by atoms with Gasteiger partial charge < -0.3 is 45.8 Å². The Labute approximate surface area is 124 Å². The summed E-state index contributed by atoms with van der Waals surface area (Å²) in [5.41, 5.74) is 0. The van der Waals surface area contributed by atoms with E-state index in [4.69, 9.17) is 20.1 Å². The molecule has 0 aromatic heterocycles. The summed E-state index contributed by atoms with van der Waals surface area (Å²) in [6.07, 6.45) is -7.92. The first-order chi connectivity index (χ1) is 10.2.